The molecule has 0 aliphatic carbocycles. The number of hydrogen-bond donors (Lipinski definition) is 1. The summed E-state index contributed by atoms with van der Waals surface area (Å²) < 4.78 is 5.19. The Morgan fingerprint density at radius 2 is 2.29 bits per heavy atom. The van der Waals surface area contributed by atoms with Crippen molar-refractivity contribution in [3.63, 3.8) is 0 Å². The van der Waals surface area contributed by atoms with E-state index in [9.17, 15) is 0 Å². The normalized spacial score (nSPS) is 22.0. The molecule has 1 aromatic carbocycles. The highest BCUT2D eigenvalue weighted by molar-refractivity contribution is 5.34. The smallest absolute Gasteiger partial charge is 0.0506 e. The molecule has 0 amide bonds. The summed E-state index contributed by atoms with van der Waals surface area (Å²) in [6.45, 7) is 4.03. The number of rotatable bonds is 3. The van der Waals surface area contributed by atoms with E-state index in [4.69, 9.17) is 4.74 Å². The van der Waals surface area contributed by atoms with E-state index in [1.807, 2.05) is 0 Å². The first-order chi connectivity index (χ1) is 6.83. The van der Waals surface area contributed by atoms with Crippen molar-refractivity contribution in [3.05, 3.63) is 35.4 Å². The van der Waals surface area contributed by atoms with Crippen LogP contribution in [-0.2, 0) is 11.3 Å². The molecule has 0 saturated heterocycles. The van der Waals surface area contributed by atoms with Crippen molar-refractivity contribution < 1.29 is 4.74 Å². The first-order valence-corrected chi connectivity index (χ1v) is 5.13. The van der Waals surface area contributed by atoms with Crippen molar-refractivity contribution in [3.8, 4) is 0 Å². The highest BCUT2D eigenvalue weighted by Crippen LogP contribution is 2.30. The molecule has 2 unspecified atom stereocenters. The van der Waals surface area contributed by atoms with Crippen LogP contribution in [0.4, 0.5) is 0 Å². The van der Waals surface area contributed by atoms with Gasteiger partial charge in [0, 0.05) is 19.7 Å². The summed E-state index contributed by atoms with van der Waals surface area (Å²) in [4.78, 5) is 0. The maximum atomic E-state index is 5.19. The van der Waals surface area contributed by atoms with E-state index in [0.29, 0.717) is 12.0 Å². The highest BCUT2D eigenvalue weighted by Gasteiger charge is 2.25. The fraction of sp³-hybridized carbons (Fsp3) is 0.500. The SMILES string of the molecule is COCC(C)C1NCc2ccccc21. The number of methoxy groups -OCH3 is 1. The predicted octanol–water partition coefficient (Wildman–Crippen LogP) is 2.11. The summed E-state index contributed by atoms with van der Waals surface area (Å²) >= 11 is 0. The third-order valence-corrected chi connectivity index (χ3v) is 2.90. The summed E-state index contributed by atoms with van der Waals surface area (Å²) in [7, 11) is 1.76. The number of benzene rings is 1. The molecule has 2 nitrogen and oxygen atoms in total. The fourth-order valence-corrected chi connectivity index (χ4v) is 2.20. The van der Waals surface area contributed by atoms with Crippen molar-refractivity contribution in [2.45, 2.75) is 19.5 Å². The molecule has 76 valence electrons. The van der Waals surface area contributed by atoms with E-state index in [-0.39, 0.29) is 0 Å². The Kier molecular flexibility index (Phi) is 2.85. The molecular formula is C12H17NO. The van der Waals surface area contributed by atoms with E-state index in [1.54, 1.807) is 7.11 Å². The third kappa shape index (κ3) is 1.68. The second-order valence-corrected chi connectivity index (χ2v) is 3.99. The summed E-state index contributed by atoms with van der Waals surface area (Å²) in [6, 6.07) is 9.09. The average Bonchev–Trinajstić information content (AvgIpc) is 2.61. The van der Waals surface area contributed by atoms with Crippen molar-refractivity contribution in [2.24, 2.45) is 5.92 Å². The van der Waals surface area contributed by atoms with E-state index in [0.717, 1.165) is 13.2 Å². The van der Waals surface area contributed by atoms with E-state index in [2.05, 4.69) is 36.5 Å². The first-order valence-electron chi connectivity index (χ1n) is 5.13. The van der Waals surface area contributed by atoms with Gasteiger partial charge >= 0.3 is 0 Å². The van der Waals surface area contributed by atoms with E-state index < -0.39 is 0 Å². The highest BCUT2D eigenvalue weighted by atomic mass is 16.5. The number of ether oxygens (including phenoxy) is 1. The molecule has 2 atom stereocenters. The third-order valence-electron chi connectivity index (χ3n) is 2.90. The summed E-state index contributed by atoms with van der Waals surface area (Å²) in [6.07, 6.45) is 0. The van der Waals surface area contributed by atoms with Crippen molar-refractivity contribution in [2.75, 3.05) is 13.7 Å². The summed E-state index contributed by atoms with van der Waals surface area (Å²) in [5, 5.41) is 3.53. The van der Waals surface area contributed by atoms with Gasteiger partial charge in [0.2, 0.25) is 0 Å². The van der Waals surface area contributed by atoms with Crippen molar-refractivity contribution in [1.82, 2.24) is 5.32 Å². The molecule has 0 saturated carbocycles. The van der Waals surface area contributed by atoms with Gasteiger partial charge in [-0.05, 0) is 17.0 Å². The number of fused-ring (bicyclic) bond motifs is 1. The molecule has 2 heteroatoms. The van der Waals surface area contributed by atoms with Gasteiger partial charge < -0.3 is 10.1 Å². The van der Waals surface area contributed by atoms with Crippen LogP contribution in [0.2, 0.25) is 0 Å². The molecule has 1 N–H and O–H groups in total. The first kappa shape index (κ1) is 9.69. The van der Waals surface area contributed by atoms with Crippen LogP contribution in [0.5, 0.6) is 0 Å². The molecular weight excluding hydrogens is 174 g/mol. The quantitative estimate of drug-likeness (QED) is 0.790. The van der Waals surface area contributed by atoms with Gasteiger partial charge in [-0.1, -0.05) is 31.2 Å². The van der Waals surface area contributed by atoms with Gasteiger partial charge in [-0.15, -0.1) is 0 Å². The largest absolute Gasteiger partial charge is 0.384 e. The maximum Gasteiger partial charge on any atom is 0.0506 e. The van der Waals surface area contributed by atoms with Crippen LogP contribution in [0.3, 0.4) is 0 Å². The van der Waals surface area contributed by atoms with Gasteiger partial charge in [-0.25, -0.2) is 0 Å². The molecule has 14 heavy (non-hydrogen) atoms. The Morgan fingerprint density at radius 3 is 3.07 bits per heavy atom. The Labute approximate surface area is 85.3 Å². The molecule has 1 aliphatic heterocycles. The molecule has 0 radical (unpaired) electrons. The van der Waals surface area contributed by atoms with Crippen molar-refractivity contribution >= 4 is 0 Å². The van der Waals surface area contributed by atoms with Crippen LogP contribution in [0.25, 0.3) is 0 Å². The fourth-order valence-electron chi connectivity index (χ4n) is 2.20. The average molecular weight is 191 g/mol. The lowest BCUT2D eigenvalue weighted by Crippen LogP contribution is -2.23. The maximum absolute atomic E-state index is 5.19. The van der Waals surface area contributed by atoms with Crippen LogP contribution in [0.15, 0.2) is 24.3 Å². The topological polar surface area (TPSA) is 21.3 Å². The Bertz CT molecular complexity index is 311. The number of hydrogen-bond acceptors (Lipinski definition) is 2. The zero-order chi connectivity index (χ0) is 9.97. The second-order valence-electron chi connectivity index (χ2n) is 3.99. The van der Waals surface area contributed by atoms with Crippen LogP contribution in [-0.4, -0.2) is 13.7 Å². The zero-order valence-corrected chi connectivity index (χ0v) is 8.79. The minimum absolute atomic E-state index is 0.464. The molecule has 2 rings (SSSR count). The van der Waals surface area contributed by atoms with Crippen LogP contribution in [0.1, 0.15) is 24.1 Å². The van der Waals surface area contributed by atoms with Gasteiger partial charge in [0.05, 0.1) is 6.61 Å². The van der Waals surface area contributed by atoms with Gasteiger partial charge in [0.1, 0.15) is 0 Å². The van der Waals surface area contributed by atoms with E-state index in [1.165, 1.54) is 11.1 Å². The van der Waals surface area contributed by atoms with Crippen LogP contribution in [0, 0.1) is 5.92 Å². The lowest BCUT2D eigenvalue weighted by atomic mass is 9.95. The number of nitrogens with one attached hydrogen (secondary N) is 1. The zero-order valence-electron chi connectivity index (χ0n) is 8.79. The molecule has 0 aromatic heterocycles. The molecule has 1 heterocycles. The molecule has 0 spiro atoms. The van der Waals surface area contributed by atoms with Gasteiger partial charge in [-0.3, -0.25) is 0 Å². The second kappa shape index (κ2) is 4.11. The van der Waals surface area contributed by atoms with Crippen molar-refractivity contribution in [1.29, 1.82) is 0 Å². The van der Waals surface area contributed by atoms with E-state index >= 15 is 0 Å². The summed E-state index contributed by atoms with van der Waals surface area (Å²) in [5.41, 5.74) is 2.87. The van der Waals surface area contributed by atoms with Gasteiger partial charge in [0.25, 0.3) is 0 Å². The lowest BCUT2D eigenvalue weighted by Gasteiger charge is -2.19. The summed E-state index contributed by atoms with van der Waals surface area (Å²) in [5.74, 6) is 0.531. The Hall–Kier alpha value is -0.860. The Morgan fingerprint density at radius 1 is 1.50 bits per heavy atom. The standard InChI is InChI=1S/C12H17NO/c1-9(8-14-2)12-11-6-4-3-5-10(11)7-13-12/h3-6,9,12-13H,7-8H2,1-2H3. The molecule has 0 fully saturated rings. The molecule has 1 aromatic rings. The van der Waals surface area contributed by atoms with Gasteiger partial charge in [0.15, 0.2) is 0 Å². The minimum atomic E-state index is 0.464. The molecule has 0 bridgehead atoms. The minimum Gasteiger partial charge on any atom is -0.384 e. The Balaban J connectivity index is 2.17. The van der Waals surface area contributed by atoms with Crippen LogP contribution < -0.4 is 5.32 Å². The lowest BCUT2D eigenvalue weighted by molar-refractivity contribution is 0.141. The predicted molar refractivity (Wildman–Crippen MR) is 57.1 cm³/mol. The van der Waals surface area contributed by atoms with Gasteiger partial charge in [-0.2, -0.15) is 0 Å². The van der Waals surface area contributed by atoms with Crippen LogP contribution >= 0.6 is 0 Å². The molecule has 1 aliphatic rings. The monoisotopic (exact) mass is 191 g/mol.